The zero-order valence-electron chi connectivity index (χ0n) is 17.0. The minimum atomic E-state index is -3.41. The Hall–Kier alpha value is -2.58. The first-order valence-corrected chi connectivity index (χ1v) is 11.7. The Morgan fingerprint density at radius 1 is 0.900 bits per heavy atom. The maximum Gasteiger partial charge on any atom is 0.243 e. The van der Waals surface area contributed by atoms with E-state index >= 15 is 0 Å². The molecule has 3 rings (SSSR count). The molecule has 0 bridgehead atoms. The third kappa shape index (κ3) is 6.47. The summed E-state index contributed by atoms with van der Waals surface area (Å²) in [7, 11) is -3.41. The maximum atomic E-state index is 12.5. The Morgan fingerprint density at radius 3 is 2.23 bits per heavy atom. The van der Waals surface area contributed by atoms with E-state index in [1.54, 1.807) is 24.3 Å². The molecule has 8 heteroatoms. The molecule has 2 aromatic carbocycles. The van der Waals surface area contributed by atoms with Gasteiger partial charge in [-0.1, -0.05) is 18.2 Å². The standard InChI is InChI=1S/C22H28N2O5S/c25-22(9-6-17-28-19-7-2-1-3-8-19)23-14-18-29-20-10-12-21(13-11-20)30(26,27)24-15-4-5-16-24/h1-3,7-8,10-13H,4-6,9,14-18H2,(H,23,25). The molecular weight excluding hydrogens is 404 g/mol. The van der Waals surface area contributed by atoms with Crippen LogP contribution in [0.3, 0.4) is 0 Å². The molecule has 30 heavy (non-hydrogen) atoms. The van der Waals surface area contributed by atoms with Crippen molar-refractivity contribution in [3.63, 3.8) is 0 Å². The second-order valence-corrected chi connectivity index (χ2v) is 8.98. The maximum absolute atomic E-state index is 12.5. The Morgan fingerprint density at radius 2 is 1.53 bits per heavy atom. The van der Waals surface area contributed by atoms with Gasteiger partial charge in [-0.25, -0.2) is 8.42 Å². The summed E-state index contributed by atoms with van der Waals surface area (Å²) in [5, 5.41) is 2.80. The van der Waals surface area contributed by atoms with E-state index in [1.165, 1.54) is 4.31 Å². The third-order valence-electron chi connectivity index (χ3n) is 4.78. The van der Waals surface area contributed by atoms with Crippen LogP contribution in [0.1, 0.15) is 25.7 Å². The number of sulfonamides is 1. The van der Waals surface area contributed by atoms with Crippen molar-refractivity contribution in [3.8, 4) is 11.5 Å². The Labute approximate surface area is 178 Å². The number of benzene rings is 2. The number of carbonyl (C=O) groups is 1. The molecule has 1 fully saturated rings. The number of amides is 1. The van der Waals surface area contributed by atoms with Gasteiger partial charge in [-0.3, -0.25) is 4.79 Å². The predicted molar refractivity (Wildman–Crippen MR) is 114 cm³/mol. The van der Waals surface area contributed by atoms with Crippen molar-refractivity contribution in [2.45, 2.75) is 30.6 Å². The Balaban J connectivity index is 1.31. The second kappa shape index (κ2) is 11.0. The van der Waals surface area contributed by atoms with Crippen molar-refractivity contribution in [1.82, 2.24) is 9.62 Å². The van der Waals surface area contributed by atoms with Gasteiger partial charge in [-0.2, -0.15) is 4.31 Å². The lowest BCUT2D eigenvalue weighted by Crippen LogP contribution is -2.28. The molecule has 1 heterocycles. The van der Waals surface area contributed by atoms with Crippen LogP contribution in [0.25, 0.3) is 0 Å². The molecule has 0 aromatic heterocycles. The van der Waals surface area contributed by atoms with E-state index in [2.05, 4.69) is 5.32 Å². The number of nitrogens with zero attached hydrogens (tertiary/aromatic N) is 1. The molecule has 1 aliphatic heterocycles. The summed E-state index contributed by atoms with van der Waals surface area (Å²) >= 11 is 0. The van der Waals surface area contributed by atoms with E-state index < -0.39 is 10.0 Å². The van der Waals surface area contributed by atoms with Gasteiger partial charge in [0.05, 0.1) is 18.0 Å². The zero-order chi connectivity index (χ0) is 21.2. The van der Waals surface area contributed by atoms with E-state index in [1.807, 2.05) is 30.3 Å². The fraction of sp³-hybridized carbons (Fsp3) is 0.409. The normalized spacial score (nSPS) is 14.4. The van der Waals surface area contributed by atoms with E-state index in [0.717, 1.165) is 18.6 Å². The molecule has 0 spiro atoms. The van der Waals surface area contributed by atoms with E-state index in [4.69, 9.17) is 9.47 Å². The molecular formula is C22H28N2O5S. The number of carbonyl (C=O) groups excluding carboxylic acids is 1. The smallest absolute Gasteiger partial charge is 0.243 e. The minimum absolute atomic E-state index is 0.0534. The van der Waals surface area contributed by atoms with Gasteiger partial charge in [0.1, 0.15) is 18.1 Å². The van der Waals surface area contributed by atoms with Crippen molar-refractivity contribution in [3.05, 3.63) is 54.6 Å². The van der Waals surface area contributed by atoms with Crippen LogP contribution in [0.5, 0.6) is 11.5 Å². The third-order valence-corrected chi connectivity index (χ3v) is 6.69. The van der Waals surface area contributed by atoms with Crippen molar-refractivity contribution in [2.75, 3.05) is 32.8 Å². The van der Waals surface area contributed by atoms with Crippen molar-refractivity contribution >= 4 is 15.9 Å². The van der Waals surface area contributed by atoms with Crippen LogP contribution in [-0.4, -0.2) is 51.5 Å². The number of hydrogen-bond donors (Lipinski definition) is 1. The lowest BCUT2D eigenvalue weighted by atomic mass is 10.3. The first-order valence-electron chi connectivity index (χ1n) is 10.2. The van der Waals surface area contributed by atoms with Crippen LogP contribution < -0.4 is 14.8 Å². The van der Waals surface area contributed by atoms with Gasteiger partial charge in [0, 0.05) is 19.5 Å². The molecule has 0 atom stereocenters. The van der Waals surface area contributed by atoms with Crippen LogP contribution in [-0.2, 0) is 14.8 Å². The van der Waals surface area contributed by atoms with Crippen LogP contribution >= 0.6 is 0 Å². The number of hydrogen-bond acceptors (Lipinski definition) is 5. The van der Waals surface area contributed by atoms with E-state index in [-0.39, 0.29) is 10.8 Å². The van der Waals surface area contributed by atoms with Crippen LogP contribution in [0, 0.1) is 0 Å². The van der Waals surface area contributed by atoms with Gasteiger partial charge in [0.2, 0.25) is 15.9 Å². The molecule has 1 aliphatic rings. The SMILES string of the molecule is O=C(CCCOc1ccccc1)NCCOc1ccc(S(=O)(=O)N2CCCC2)cc1. The summed E-state index contributed by atoms with van der Waals surface area (Å²) in [6.45, 7) is 2.34. The first-order chi connectivity index (χ1) is 14.6. The topological polar surface area (TPSA) is 84.9 Å². The van der Waals surface area contributed by atoms with E-state index in [0.29, 0.717) is 51.4 Å². The highest BCUT2D eigenvalue weighted by Crippen LogP contribution is 2.22. The lowest BCUT2D eigenvalue weighted by molar-refractivity contribution is -0.121. The monoisotopic (exact) mass is 432 g/mol. The lowest BCUT2D eigenvalue weighted by Gasteiger charge is -2.15. The van der Waals surface area contributed by atoms with Crippen LogP contribution in [0.15, 0.2) is 59.5 Å². The summed E-state index contributed by atoms with van der Waals surface area (Å²) in [5.41, 5.74) is 0. The van der Waals surface area contributed by atoms with Crippen LogP contribution in [0.2, 0.25) is 0 Å². The van der Waals surface area contributed by atoms with E-state index in [9.17, 15) is 13.2 Å². The minimum Gasteiger partial charge on any atom is -0.494 e. The van der Waals surface area contributed by atoms with Crippen molar-refractivity contribution in [2.24, 2.45) is 0 Å². The quantitative estimate of drug-likeness (QED) is 0.552. The fourth-order valence-corrected chi connectivity index (χ4v) is 4.69. The molecule has 0 unspecified atom stereocenters. The highest BCUT2D eigenvalue weighted by molar-refractivity contribution is 7.89. The van der Waals surface area contributed by atoms with Gasteiger partial charge >= 0.3 is 0 Å². The second-order valence-electron chi connectivity index (χ2n) is 7.05. The summed E-state index contributed by atoms with van der Waals surface area (Å²) < 4.78 is 37.7. The van der Waals surface area contributed by atoms with Gasteiger partial charge in [-0.15, -0.1) is 0 Å². The van der Waals surface area contributed by atoms with Gasteiger partial charge in [0.25, 0.3) is 0 Å². The summed E-state index contributed by atoms with van der Waals surface area (Å²) in [6.07, 6.45) is 2.84. The van der Waals surface area contributed by atoms with Gasteiger partial charge in [-0.05, 0) is 55.7 Å². The number of nitrogens with one attached hydrogen (secondary N) is 1. The molecule has 1 amide bonds. The highest BCUT2D eigenvalue weighted by atomic mass is 32.2. The number of rotatable bonds is 11. The molecule has 2 aromatic rings. The average molecular weight is 433 g/mol. The summed E-state index contributed by atoms with van der Waals surface area (Å²) in [5.74, 6) is 1.31. The van der Waals surface area contributed by atoms with Gasteiger partial charge < -0.3 is 14.8 Å². The molecule has 1 saturated heterocycles. The van der Waals surface area contributed by atoms with Crippen molar-refractivity contribution in [1.29, 1.82) is 0 Å². The van der Waals surface area contributed by atoms with Crippen molar-refractivity contribution < 1.29 is 22.7 Å². The Bertz CT molecular complexity index is 895. The zero-order valence-corrected chi connectivity index (χ0v) is 17.8. The highest BCUT2D eigenvalue weighted by Gasteiger charge is 2.26. The average Bonchev–Trinajstić information content (AvgIpc) is 3.31. The number of ether oxygens (including phenoxy) is 2. The molecule has 0 radical (unpaired) electrons. The number of para-hydroxylation sites is 1. The van der Waals surface area contributed by atoms with Crippen LogP contribution in [0.4, 0.5) is 0 Å². The molecule has 162 valence electrons. The van der Waals surface area contributed by atoms with Gasteiger partial charge in [0.15, 0.2) is 0 Å². The summed E-state index contributed by atoms with van der Waals surface area (Å²) in [6, 6.07) is 15.9. The molecule has 1 N–H and O–H groups in total. The summed E-state index contributed by atoms with van der Waals surface area (Å²) in [4.78, 5) is 12.1. The molecule has 0 aliphatic carbocycles. The molecule has 0 saturated carbocycles. The Kier molecular flexibility index (Phi) is 8.10. The predicted octanol–water partition coefficient (Wildman–Crippen LogP) is 2.83. The largest absolute Gasteiger partial charge is 0.494 e. The first kappa shape index (κ1) is 22.1. The molecule has 7 nitrogen and oxygen atoms in total. The fourth-order valence-electron chi connectivity index (χ4n) is 3.17.